The smallest absolute Gasteiger partial charge is 0.335 e. The van der Waals surface area contributed by atoms with Crippen LogP contribution in [0.1, 0.15) is 15.9 Å². The number of aryl methyl sites for hydroxylation is 1. The molecule has 21 heavy (non-hydrogen) atoms. The molecular weight excluding hydrogens is 296 g/mol. The molecule has 0 aliphatic carbocycles. The van der Waals surface area contributed by atoms with Crippen molar-refractivity contribution in [3.05, 3.63) is 29.3 Å². The molecule has 8 heteroatoms. The lowest BCUT2D eigenvalue weighted by atomic mass is 10.1. The SMILES string of the molecule is Cc1ccc(S(=O)(=O)CCN2CCNC2=O)cc1C(=O)O. The number of aromatic carboxylic acids is 1. The minimum Gasteiger partial charge on any atom is -0.478 e. The number of urea groups is 1. The molecule has 0 atom stereocenters. The largest absolute Gasteiger partial charge is 0.478 e. The van der Waals surface area contributed by atoms with Crippen LogP contribution in [-0.2, 0) is 9.84 Å². The number of carbonyl (C=O) groups is 2. The van der Waals surface area contributed by atoms with Crippen molar-refractivity contribution >= 4 is 21.8 Å². The van der Waals surface area contributed by atoms with Gasteiger partial charge in [-0.2, -0.15) is 0 Å². The number of benzene rings is 1. The van der Waals surface area contributed by atoms with Gasteiger partial charge in [-0.1, -0.05) is 6.07 Å². The van der Waals surface area contributed by atoms with Gasteiger partial charge in [-0.3, -0.25) is 0 Å². The maximum absolute atomic E-state index is 12.2. The third kappa shape index (κ3) is 3.33. The number of hydrogen-bond acceptors (Lipinski definition) is 4. The molecule has 114 valence electrons. The highest BCUT2D eigenvalue weighted by Crippen LogP contribution is 2.17. The van der Waals surface area contributed by atoms with Crippen LogP contribution in [0, 0.1) is 6.92 Å². The third-order valence-corrected chi connectivity index (χ3v) is 5.07. The summed E-state index contributed by atoms with van der Waals surface area (Å²) < 4.78 is 24.5. The van der Waals surface area contributed by atoms with Gasteiger partial charge in [-0.15, -0.1) is 0 Å². The van der Waals surface area contributed by atoms with Crippen LogP contribution in [0.3, 0.4) is 0 Å². The second kappa shape index (κ2) is 5.72. The second-order valence-electron chi connectivity index (χ2n) is 4.82. The molecule has 1 heterocycles. The minimum absolute atomic E-state index is 0.0324. The predicted octanol–water partition coefficient (Wildman–Crippen LogP) is 0.492. The third-order valence-electron chi connectivity index (χ3n) is 3.37. The van der Waals surface area contributed by atoms with Crippen molar-refractivity contribution in [3.63, 3.8) is 0 Å². The molecule has 1 fully saturated rings. The number of nitrogens with zero attached hydrogens (tertiary/aromatic N) is 1. The number of amides is 2. The fraction of sp³-hybridized carbons (Fsp3) is 0.385. The van der Waals surface area contributed by atoms with Crippen molar-refractivity contribution in [1.82, 2.24) is 10.2 Å². The lowest BCUT2D eigenvalue weighted by Gasteiger charge is -2.14. The summed E-state index contributed by atoms with van der Waals surface area (Å²) >= 11 is 0. The fourth-order valence-electron chi connectivity index (χ4n) is 2.10. The number of sulfone groups is 1. The summed E-state index contributed by atoms with van der Waals surface area (Å²) in [6.07, 6.45) is 0. The van der Waals surface area contributed by atoms with Crippen LogP contribution >= 0.6 is 0 Å². The van der Waals surface area contributed by atoms with E-state index in [1.807, 2.05) is 0 Å². The number of rotatable bonds is 5. The monoisotopic (exact) mass is 312 g/mol. The molecule has 2 amide bonds. The molecule has 1 saturated heterocycles. The summed E-state index contributed by atoms with van der Waals surface area (Å²) in [5, 5.41) is 11.6. The first-order valence-electron chi connectivity index (χ1n) is 6.41. The molecule has 0 unspecified atom stereocenters. The summed E-state index contributed by atoms with van der Waals surface area (Å²) in [6, 6.07) is 3.75. The average molecular weight is 312 g/mol. The number of carbonyl (C=O) groups excluding carboxylic acids is 1. The van der Waals surface area contributed by atoms with Crippen LogP contribution < -0.4 is 5.32 Å². The van der Waals surface area contributed by atoms with E-state index in [0.717, 1.165) is 6.07 Å². The molecule has 0 saturated carbocycles. The number of hydrogen-bond donors (Lipinski definition) is 2. The first-order chi connectivity index (χ1) is 9.81. The summed E-state index contributed by atoms with van der Waals surface area (Å²) in [5.41, 5.74) is 0.468. The highest BCUT2D eigenvalue weighted by Gasteiger charge is 2.23. The highest BCUT2D eigenvalue weighted by molar-refractivity contribution is 7.91. The van der Waals surface area contributed by atoms with E-state index >= 15 is 0 Å². The van der Waals surface area contributed by atoms with E-state index in [0.29, 0.717) is 18.7 Å². The Morgan fingerprint density at radius 1 is 1.43 bits per heavy atom. The van der Waals surface area contributed by atoms with Gasteiger partial charge in [-0.25, -0.2) is 18.0 Å². The van der Waals surface area contributed by atoms with Crippen molar-refractivity contribution in [2.24, 2.45) is 0 Å². The molecule has 0 radical (unpaired) electrons. The van der Waals surface area contributed by atoms with Crippen LogP contribution in [0.4, 0.5) is 4.79 Å². The van der Waals surface area contributed by atoms with Crippen LogP contribution in [0.2, 0.25) is 0 Å². The maximum atomic E-state index is 12.2. The van der Waals surface area contributed by atoms with E-state index < -0.39 is 15.8 Å². The van der Waals surface area contributed by atoms with Gasteiger partial charge in [0, 0.05) is 19.6 Å². The van der Waals surface area contributed by atoms with E-state index in [1.54, 1.807) is 6.92 Å². The average Bonchev–Trinajstić information content (AvgIpc) is 2.82. The number of carboxylic acids is 1. The Hall–Kier alpha value is -2.09. The van der Waals surface area contributed by atoms with E-state index in [1.165, 1.54) is 17.0 Å². The Morgan fingerprint density at radius 3 is 2.71 bits per heavy atom. The Labute approximate surface area is 122 Å². The molecule has 1 aromatic carbocycles. The Bertz CT molecular complexity index is 684. The van der Waals surface area contributed by atoms with Crippen molar-refractivity contribution in [3.8, 4) is 0 Å². The zero-order valence-electron chi connectivity index (χ0n) is 11.5. The van der Waals surface area contributed by atoms with Gasteiger partial charge in [0.15, 0.2) is 9.84 Å². The lowest BCUT2D eigenvalue weighted by molar-refractivity contribution is 0.0696. The van der Waals surface area contributed by atoms with Gasteiger partial charge in [0.05, 0.1) is 16.2 Å². The molecule has 0 bridgehead atoms. The van der Waals surface area contributed by atoms with Crippen molar-refractivity contribution in [1.29, 1.82) is 0 Å². The molecule has 1 aliphatic rings. The fourth-order valence-corrected chi connectivity index (χ4v) is 3.37. The van der Waals surface area contributed by atoms with Crippen LogP contribution in [0.5, 0.6) is 0 Å². The quantitative estimate of drug-likeness (QED) is 0.823. The molecular formula is C13H16N2O5S. The number of nitrogens with one attached hydrogen (secondary N) is 1. The van der Waals surface area contributed by atoms with E-state index in [-0.39, 0.29) is 28.8 Å². The van der Waals surface area contributed by atoms with Gasteiger partial charge < -0.3 is 15.3 Å². The minimum atomic E-state index is -3.63. The summed E-state index contributed by atoms with van der Waals surface area (Å²) in [7, 11) is -3.63. The summed E-state index contributed by atoms with van der Waals surface area (Å²) in [4.78, 5) is 23.8. The van der Waals surface area contributed by atoms with Gasteiger partial charge in [0.1, 0.15) is 0 Å². The Morgan fingerprint density at radius 2 is 2.14 bits per heavy atom. The van der Waals surface area contributed by atoms with E-state index in [2.05, 4.69) is 5.32 Å². The van der Waals surface area contributed by atoms with Crippen LogP contribution in [0.25, 0.3) is 0 Å². The maximum Gasteiger partial charge on any atom is 0.335 e. The zero-order chi connectivity index (χ0) is 15.6. The van der Waals surface area contributed by atoms with E-state index in [9.17, 15) is 18.0 Å². The second-order valence-corrected chi connectivity index (χ2v) is 6.93. The summed E-state index contributed by atoms with van der Waals surface area (Å²) in [6.45, 7) is 2.67. The highest BCUT2D eigenvalue weighted by atomic mass is 32.2. The van der Waals surface area contributed by atoms with Gasteiger partial charge in [-0.05, 0) is 24.6 Å². The van der Waals surface area contributed by atoms with Gasteiger partial charge in [0.25, 0.3) is 0 Å². The standard InChI is InChI=1S/C13H16N2O5S/c1-9-2-3-10(8-11(9)12(16)17)21(19,20)7-6-15-5-4-14-13(15)18/h2-3,8H,4-7H2,1H3,(H,14,18)(H,16,17). The Balaban J connectivity index is 2.17. The number of carboxylic acid groups (broad SMARTS) is 1. The molecule has 1 aliphatic heterocycles. The predicted molar refractivity (Wildman–Crippen MR) is 75.2 cm³/mol. The van der Waals surface area contributed by atoms with E-state index in [4.69, 9.17) is 5.11 Å². The topological polar surface area (TPSA) is 104 Å². The molecule has 2 rings (SSSR count). The van der Waals surface area contributed by atoms with Gasteiger partial charge >= 0.3 is 12.0 Å². The van der Waals surface area contributed by atoms with Crippen LogP contribution in [0.15, 0.2) is 23.1 Å². The molecule has 7 nitrogen and oxygen atoms in total. The summed E-state index contributed by atoms with van der Waals surface area (Å²) in [5.74, 6) is -1.40. The van der Waals surface area contributed by atoms with Crippen molar-refractivity contribution < 1.29 is 23.1 Å². The van der Waals surface area contributed by atoms with Crippen molar-refractivity contribution in [2.45, 2.75) is 11.8 Å². The normalized spacial score (nSPS) is 15.1. The van der Waals surface area contributed by atoms with Crippen LogP contribution in [-0.4, -0.2) is 55.8 Å². The Kier molecular flexibility index (Phi) is 4.17. The molecule has 0 spiro atoms. The lowest BCUT2D eigenvalue weighted by Crippen LogP contribution is -2.32. The first-order valence-corrected chi connectivity index (χ1v) is 8.06. The molecule has 0 aromatic heterocycles. The zero-order valence-corrected chi connectivity index (χ0v) is 12.3. The first kappa shape index (κ1) is 15.3. The van der Waals surface area contributed by atoms with Crippen molar-refractivity contribution in [2.75, 3.05) is 25.4 Å². The van der Waals surface area contributed by atoms with Gasteiger partial charge in [0.2, 0.25) is 0 Å². The molecule has 1 aromatic rings. The molecule has 2 N–H and O–H groups in total.